The fourth-order valence-electron chi connectivity index (χ4n) is 2.50. The van der Waals surface area contributed by atoms with Crippen LogP contribution in [0.15, 0.2) is 55.4 Å². The molecule has 0 aliphatic carbocycles. The molecule has 0 saturated carbocycles. The molecule has 0 radical (unpaired) electrons. The molecule has 2 rings (SSSR count). The molecule has 1 atom stereocenters. The summed E-state index contributed by atoms with van der Waals surface area (Å²) in [5, 5.41) is 0.654. The lowest BCUT2D eigenvalue weighted by Crippen LogP contribution is -2.41. The number of hydrogen-bond acceptors (Lipinski definition) is 3. The van der Waals surface area contributed by atoms with Gasteiger partial charge < -0.3 is 4.90 Å². The minimum atomic E-state index is 0.654. The zero-order chi connectivity index (χ0) is 14.2. The summed E-state index contributed by atoms with van der Waals surface area (Å²) < 4.78 is 0. The van der Waals surface area contributed by atoms with Crippen LogP contribution in [0.25, 0.3) is 0 Å². The molecule has 1 saturated heterocycles. The van der Waals surface area contributed by atoms with E-state index in [1.54, 1.807) is 0 Å². The van der Waals surface area contributed by atoms with E-state index >= 15 is 0 Å². The van der Waals surface area contributed by atoms with E-state index in [1.165, 1.54) is 17.9 Å². The highest BCUT2D eigenvalue weighted by atomic mass is 32.2. The van der Waals surface area contributed by atoms with E-state index in [0.717, 1.165) is 19.6 Å². The number of thioether (sulfide) groups is 1. The fourth-order valence-corrected chi connectivity index (χ4v) is 3.79. The maximum atomic E-state index is 3.88. The van der Waals surface area contributed by atoms with Crippen molar-refractivity contribution in [2.24, 2.45) is 0 Å². The summed E-state index contributed by atoms with van der Waals surface area (Å²) in [6, 6.07) is 10.8. The Morgan fingerprint density at radius 3 is 2.90 bits per heavy atom. The first-order valence-electron chi connectivity index (χ1n) is 7.21. The summed E-state index contributed by atoms with van der Waals surface area (Å²) in [7, 11) is 0. The van der Waals surface area contributed by atoms with Crippen molar-refractivity contribution in [3.8, 4) is 0 Å². The molecule has 1 fully saturated rings. The van der Waals surface area contributed by atoms with Crippen LogP contribution in [0.3, 0.4) is 0 Å². The number of hydrogen-bond donors (Lipinski definition) is 0. The number of allylic oxidation sites excluding steroid dienone is 1. The van der Waals surface area contributed by atoms with Gasteiger partial charge in [-0.05, 0) is 24.9 Å². The molecule has 108 valence electrons. The Morgan fingerprint density at radius 1 is 1.40 bits per heavy atom. The van der Waals surface area contributed by atoms with Crippen molar-refractivity contribution in [3.05, 3.63) is 61.0 Å². The van der Waals surface area contributed by atoms with Gasteiger partial charge in [-0.1, -0.05) is 43.0 Å². The maximum absolute atomic E-state index is 3.88. The standard InChI is InChI=1S/C17H24N2S/c1-3-10-18(4-2)14-17-15-19(11-12-20-17)13-16-8-6-5-7-9-16/h3-10,17H,2,11-15H2,1H3/b10-3-/t17-/m1/s1. The Kier molecular flexibility index (Phi) is 6.22. The number of benzene rings is 1. The highest BCUT2D eigenvalue weighted by Gasteiger charge is 2.21. The molecule has 1 aromatic carbocycles. The third kappa shape index (κ3) is 4.73. The second kappa shape index (κ2) is 8.18. The molecule has 0 unspecified atom stereocenters. The van der Waals surface area contributed by atoms with E-state index in [2.05, 4.69) is 70.7 Å². The first-order chi connectivity index (χ1) is 9.81. The molecule has 0 aromatic heterocycles. The minimum absolute atomic E-state index is 0.654. The van der Waals surface area contributed by atoms with E-state index in [1.807, 2.05) is 13.1 Å². The van der Waals surface area contributed by atoms with E-state index in [9.17, 15) is 0 Å². The summed E-state index contributed by atoms with van der Waals surface area (Å²) >= 11 is 2.08. The molecule has 2 nitrogen and oxygen atoms in total. The number of nitrogens with zero attached hydrogens (tertiary/aromatic N) is 2. The van der Waals surface area contributed by atoms with Gasteiger partial charge in [-0.3, -0.25) is 4.90 Å². The van der Waals surface area contributed by atoms with Crippen LogP contribution in [0.4, 0.5) is 0 Å². The summed E-state index contributed by atoms with van der Waals surface area (Å²) in [6.07, 6.45) is 6.08. The lowest BCUT2D eigenvalue weighted by molar-refractivity contribution is 0.265. The highest BCUT2D eigenvalue weighted by molar-refractivity contribution is 8.00. The third-order valence-corrected chi connectivity index (χ3v) is 4.65. The molecule has 0 amide bonds. The zero-order valence-corrected chi connectivity index (χ0v) is 13.1. The molecule has 1 aliphatic heterocycles. The maximum Gasteiger partial charge on any atom is 0.0354 e. The van der Waals surface area contributed by atoms with Crippen molar-refractivity contribution >= 4 is 11.8 Å². The van der Waals surface area contributed by atoms with E-state index in [4.69, 9.17) is 0 Å². The van der Waals surface area contributed by atoms with Crippen LogP contribution in [0.2, 0.25) is 0 Å². The summed E-state index contributed by atoms with van der Waals surface area (Å²) in [5.74, 6) is 1.22. The molecular formula is C17H24N2S. The third-order valence-electron chi connectivity index (χ3n) is 3.46. The summed E-state index contributed by atoms with van der Waals surface area (Å²) in [5.41, 5.74) is 1.41. The molecule has 20 heavy (non-hydrogen) atoms. The summed E-state index contributed by atoms with van der Waals surface area (Å²) in [4.78, 5) is 4.75. The predicted molar refractivity (Wildman–Crippen MR) is 89.7 cm³/mol. The van der Waals surface area contributed by atoms with E-state index in [0.29, 0.717) is 5.25 Å². The Balaban J connectivity index is 1.86. The Hall–Kier alpha value is -1.19. The first kappa shape index (κ1) is 15.2. The molecule has 0 N–H and O–H groups in total. The fraction of sp³-hybridized carbons (Fsp3) is 0.412. The average Bonchev–Trinajstić information content (AvgIpc) is 2.48. The number of rotatable bonds is 6. The van der Waals surface area contributed by atoms with Gasteiger partial charge >= 0.3 is 0 Å². The van der Waals surface area contributed by atoms with Crippen molar-refractivity contribution in [2.45, 2.75) is 18.7 Å². The van der Waals surface area contributed by atoms with Crippen LogP contribution < -0.4 is 0 Å². The normalized spacial score (nSPS) is 20.1. The predicted octanol–water partition coefficient (Wildman–Crippen LogP) is 3.58. The van der Waals surface area contributed by atoms with Crippen LogP contribution in [0.1, 0.15) is 12.5 Å². The van der Waals surface area contributed by atoms with Crippen molar-refractivity contribution in [1.82, 2.24) is 9.80 Å². The second-order valence-electron chi connectivity index (χ2n) is 5.08. The quantitative estimate of drug-likeness (QED) is 0.790. The van der Waals surface area contributed by atoms with Gasteiger partial charge in [0.25, 0.3) is 0 Å². The molecular weight excluding hydrogens is 264 g/mol. The average molecular weight is 288 g/mol. The zero-order valence-electron chi connectivity index (χ0n) is 12.2. The topological polar surface area (TPSA) is 6.48 Å². The molecule has 1 heterocycles. The molecule has 0 bridgehead atoms. The smallest absolute Gasteiger partial charge is 0.0354 e. The van der Waals surface area contributed by atoms with Crippen molar-refractivity contribution in [3.63, 3.8) is 0 Å². The van der Waals surface area contributed by atoms with Crippen molar-refractivity contribution in [1.29, 1.82) is 0 Å². The lowest BCUT2D eigenvalue weighted by atomic mass is 10.2. The Bertz CT molecular complexity index is 430. The van der Waals surface area contributed by atoms with Gasteiger partial charge in [-0.15, -0.1) is 0 Å². The van der Waals surface area contributed by atoms with Gasteiger partial charge in [0, 0.05) is 37.2 Å². The minimum Gasteiger partial charge on any atom is -0.354 e. The highest BCUT2D eigenvalue weighted by Crippen LogP contribution is 2.21. The van der Waals surface area contributed by atoms with E-state index < -0.39 is 0 Å². The van der Waals surface area contributed by atoms with E-state index in [-0.39, 0.29) is 0 Å². The van der Waals surface area contributed by atoms with Crippen LogP contribution in [-0.2, 0) is 6.54 Å². The Morgan fingerprint density at radius 2 is 2.20 bits per heavy atom. The first-order valence-corrected chi connectivity index (χ1v) is 8.25. The van der Waals surface area contributed by atoms with Gasteiger partial charge in [-0.25, -0.2) is 0 Å². The molecule has 1 aliphatic rings. The van der Waals surface area contributed by atoms with Crippen molar-refractivity contribution in [2.75, 3.05) is 25.4 Å². The molecule has 0 spiro atoms. The van der Waals surface area contributed by atoms with Crippen molar-refractivity contribution < 1.29 is 0 Å². The van der Waals surface area contributed by atoms with Crippen LogP contribution in [-0.4, -0.2) is 40.4 Å². The van der Waals surface area contributed by atoms with Gasteiger partial charge in [-0.2, -0.15) is 11.8 Å². The van der Waals surface area contributed by atoms with Gasteiger partial charge in [0.2, 0.25) is 0 Å². The SMILES string of the molecule is C=CN(/C=C\C)C[C@@H]1CN(Cc2ccccc2)CCS1. The summed E-state index contributed by atoms with van der Waals surface area (Å²) in [6.45, 7) is 10.4. The van der Waals surface area contributed by atoms with Crippen LogP contribution >= 0.6 is 11.8 Å². The van der Waals surface area contributed by atoms with Crippen LogP contribution in [0.5, 0.6) is 0 Å². The second-order valence-corrected chi connectivity index (χ2v) is 6.48. The molecule has 1 aromatic rings. The monoisotopic (exact) mass is 288 g/mol. The van der Waals surface area contributed by atoms with Gasteiger partial charge in [0.05, 0.1) is 0 Å². The van der Waals surface area contributed by atoms with Gasteiger partial charge in [0.1, 0.15) is 0 Å². The molecule has 3 heteroatoms. The Labute approximate surface area is 127 Å². The van der Waals surface area contributed by atoms with Gasteiger partial charge in [0.15, 0.2) is 0 Å². The lowest BCUT2D eigenvalue weighted by Gasteiger charge is -2.34. The largest absolute Gasteiger partial charge is 0.354 e. The van der Waals surface area contributed by atoms with Crippen LogP contribution in [0, 0.1) is 0 Å².